The number of rotatable bonds is 4. The fraction of sp³-hybridized carbons (Fsp3) is 0.480. The summed E-state index contributed by atoms with van der Waals surface area (Å²) in [5.74, 6) is 0.975. The van der Waals surface area contributed by atoms with Crippen LogP contribution in [0.4, 0.5) is 4.79 Å². The van der Waals surface area contributed by atoms with Crippen LogP contribution >= 0.6 is 0 Å². The molecule has 0 aromatic heterocycles. The predicted octanol–water partition coefficient (Wildman–Crippen LogP) is 4.63. The fourth-order valence-corrected chi connectivity index (χ4v) is 4.23. The molecule has 0 bridgehead atoms. The van der Waals surface area contributed by atoms with Crippen LogP contribution in [0.25, 0.3) is 0 Å². The minimum Gasteiger partial charge on any atom is -0.489 e. The van der Waals surface area contributed by atoms with Crippen molar-refractivity contribution in [2.45, 2.75) is 58.4 Å². The number of hydrogen-bond acceptors (Lipinski definition) is 4. The van der Waals surface area contributed by atoms with Gasteiger partial charge in [-0.1, -0.05) is 42.5 Å². The Morgan fingerprint density at radius 2 is 1.87 bits per heavy atom. The molecule has 30 heavy (non-hydrogen) atoms. The third-order valence-corrected chi connectivity index (χ3v) is 5.65. The van der Waals surface area contributed by atoms with Crippen LogP contribution in [0.2, 0.25) is 0 Å². The predicted molar refractivity (Wildman–Crippen MR) is 118 cm³/mol. The zero-order valence-electron chi connectivity index (χ0n) is 18.3. The lowest BCUT2D eigenvalue weighted by molar-refractivity contribution is 0.0222. The van der Waals surface area contributed by atoms with E-state index in [1.165, 1.54) is 11.1 Å². The Balaban J connectivity index is 1.37. The van der Waals surface area contributed by atoms with Gasteiger partial charge in [0, 0.05) is 38.3 Å². The first kappa shape index (κ1) is 20.7. The molecule has 1 atom stereocenters. The molecule has 2 aromatic rings. The molecule has 1 saturated heterocycles. The molecule has 0 saturated carbocycles. The summed E-state index contributed by atoms with van der Waals surface area (Å²) in [6, 6.07) is 16.8. The van der Waals surface area contributed by atoms with Gasteiger partial charge in [-0.15, -0.1) is 0 Å². The van der Waals surface area contributed by atoms with Crippen molar-refractivity contribution in [1.82, 2.24) is 9.80 Å². The Morgan fingerprint density at radius 1 is 1.07 bits per heavy atom. The van der Waals surface area contributed by atoms with Gasteiger partial charge in [-0.2, -0.15) is 0 Å². The van der Waals surface area contributed by atoms with Crippen molar-refractivity contribution >= 4 is 6.09 Å². The van der Waals surface area contributed by atoms with Crippen LogP contribution in [0.5, 0.6) is 5.75 Å². The molecule has 160 valence electrons. The lowest BCUT2D eigenvalue weighted by atomic mass is 9.99. The van der Waals surface area contributed by atoms with E-state index in [0.29, 0.717) is 13.1 Å². The number of carbonyl (C=O) groups is 1. The highest BCUT2D eigenvalue weighted by molar-refractivity contribution is 5.69. The minimum absolute atomic E-state index is 0.212. The minimum atomic E-state index is -0.476. The van der Waals surface area contributed by atoms with Gasteiger partial charge >= 0.3 is 6.09 Å². The summed E-state index contributed by atoms with van der Waals surface area (Å²) in [6.45, 7) is 9.91. The molecule has 4 rings (SSSR count). The second kappa shape index (κ2) is 8.68. The summed E-state index contributed by atoms with van der Waals surface area (Å²) >= 11 is 0. The lowest BCUT2D eigenvalue weighted by Crippen LogP contribution is -2.40. The summed E-state index contributed by atoms with van der Waals surface area (Å²) in [7, 11) is 0. The van der Waals surface area contributed by atoms with Crippen LogP contribution in [-0.2, 0) is 24.2 Å². The van der Waals surface area contributed by atoms with Crippen LogP contribution in [-0.4, -0.2) is 47.2 Å². The number of likely N-dealkylation sites (tertiary alicyclic amines) is 1. The number of ether oxygens (including phenoxy) is 2. The normalized spacial score (nSPS) is 19.4. The Kier molecular flexibility index (Phi) is 6.00. The summed E-state index contributed by atoms with van der Waals surface area (Å²) in [6.07, 6.45) is 1.81. The van der Waals surface area contributed by atoms with Crippen molar-refractivity contribution in [2.75, 3.05) is 19.6 Å². The quantitative estimate of drug-likeness (QED) is 0.740. The fourth-order valence-electron chi connectivity index (χ4n) is 4.23. The van der Waals surface area contributed by atoms with Gasteiger partial charge < -0.3 is 14.4 Å². The van der Waals surface area contributed by atoms with Crippen LogP contribution in [0.1, 0.15) is 43.9 Å². The van der Waals surface area contributed by atoms with Gasteiger partial charge in [0.2, 0.25) is 0 Å². The Hall–Kier alpha value is -2.53. The zero-order valence-corrected chi connectivity index (χ0v) is 18.3. The Bertz CT molecular complexity index is 876. The highest BCUT2D eigenvalue weighted by atomic mass is 16.6. The van der Waals surface area contributed by atoms with Crippen molar-refractivity contribution in [1.29, 1.82) is 0 Å². The molecule has 2 aromatic carbocycles. The standard InChI is InChI=1S/C25H32N2O3/c1-25(2,3)30-24(28)27-15-13-22-20(17-27)10-7-11-23(22)29-21-12-14-26(18-21)16-19-8-5-4-6-9-19/h4-11,21H,12-18H2,1-3H3/t21-/m1/s1. The monoisotopic (exact) mass is 408 g/mol. The molecular weight excluding hydrogens is 376 g/mol. The number of fused-ring (bicyclic) bond motifs is 1. The number of carbonyl (C=O) groups excluding carboxylic acids is 1. The maximum absolute atomic E-state index is 12.4. The summed E-state index contributed by atoms with van der Waals surface area (Å²) in [5, 5.41) is 0. The summed E-state index contributed by atoms with van der Waals surface area (Å²) in [5.41, 5.74) is 3.26. The molecule has 0 radical (unpaired) electrons. The van der Waals surface area contributed by atoms with E-state index in [0.717, 1.165) is 43.8 Å². The average molecular weight is 409 g/mol. The lowest BCUT2D eigenvalue weighted by Gasteiger charge is -2.32. The highest BCUT2D eigenvalue weighted by Gasteiger charge is 2.29. The molecular formula is C25H32N2O3. The highest BCUT2D eigenvalue weighted by Crippen LogP contribution is 2.31. The number of amides is 1. The topological polar surface area (TPSA) is 42.0 Å². The van der Waals surface area contributed by atoms with Crippen LogP contribution in [0, 0.1) is 0 Å². The second-order valence-electron chi connectivity index (χ2n) is 9.29. The van der Waals surface area contributed by atoms with Crippen molar-refractivity contribution < 1.29 is 14.3 Å². The van der Waals surface area contributed by atoms with Gasteiger partial charge in [-0.25, -0.2) is 4.79 Å². The van der Waals surface area contributed by atoms with Crippen molar-refractivity contribution in [3.63, 3.8) is 0 Å². The number of hydrogen-bond donors (Lipinski definition) is 0. The van der Waals surface area contributed by atoms with Gasteiger partial charge in [-0.3, -0.25) is 4.90 Å². The molecule has 0 spiro atoms. The maximum atomic E-state index is 12.4. The molecule has 5 nitrogen and oxygen atoms in total. The largest absolute Gasteiger partial charge is 0.489 e. The Labute approximate surface area is 179 Å². The van der Waals surface area contributed by atoms with Gasteiger partial charge in [0.05, 0.1) is 0 Å². The van der Waals surface area contributed by atoms with Crippen molar-refractivity contribution in [2.24, 2.45) is 0 Å². The molecule has 5 heteroatoms. The van der Waals surface area contributed by atoms with Crippen LogP contribution < -0.4 is 4.74 Å². The van der Waals surface area contributed by atoms with Crippen molar-refractivity contribution in [3.8, 4) is 5.75 Å². The molecule has 0 aliphatic carbocycles. The van der Waals surface area contributed by atoms with E-state index in [9.17, 15) is 4.79 Å². The van der Waals surface area contributed by atoms with Crippen LogP contribution in [0.3, 0.4) is 0 Å². The first-order chi connectivity index (χ1) is 14.4. The third kappa shape index (κ3) is 5.14. The summed E-state index contributed by atoms with van der Waals surface area (Å²) < 4.78 is 12.0. The Morgan fingerprint density at radius 3 is 2.63 bits per heavy atom. The SMILES string of the molecule is CC(C)(C)OC(=O)N1CCc2c(cccc2O[C@@H]2CCN(Cc3ccccc3)C2)C1. The van der Waals surface area contributed by atoms with Gasteiger partial charge in [0.15, 0.2) is 0 Å². The van der Waals surface area contributed by atoms with E-state index in [1.807, 2.05) is 26.8 Å². The van der Waals surface area contributed by atoms with E-state index in [2.05, 4.69) is 47.4 Å². The van der Waals surface area contributed by atoms with Gasteiger partial charge in [-0.05, 0) is 50.8 Å². The second-order valence-corrected chi connectivity index (χ2v) is 9.29. The molecule has 0 unspecified atom stereocenters. The maximum Gasteiger partial charge on any atom is 0.410 e. The molecule has 2 aliphatic heterocycles. The molecule has 0 N–H and O–H groups in total. The average Bonchev–Trinajstić information content (AvgIpc) is 3.14. The molecule has 2 heterocycles. The van der Waals surface area contributed by atoms with Gasteiger partial charge in [0.25, 0.3) is 0 Å². The van der Waals surface area contributed by atoms with E-state index < -0.39 is 5.60 Å². The smallest absolute Gasteiger partial charge is 0.410 e. The molecule has 1 amide bonds. The first-order valence-electron chi connectivity index (χ1n) is 10.9. The van der Waals surface area contributed by atoms with Crippen LogP contribution in [0.15, 0.2) is 48.5 Å². The van der Waals surface area contributed by atoms with E-state index in [4.69, 9.17) is 9.47 Å². The first-order valence-corrected chi connectivity index (χ1v) is 10.9. The van der Waals surface area contributed by atoms with E-state index >= 15 is 0 Å². The molecule has 1 fully saturated rings. The van der Waals surface area contributed by atoms with E-state index in [-0.39, 0.29) is 12.2 Å². The number of benzene rings is 2. The third-order valence-electron chi connectivity index (χ3n) is 5.65. The number of nitrogens with zero attached hydrogens (tertiary/aromatic N) is 2. The molecule has 2 aliphatic rings. The summed E-state index contributed by atoms with van der Waals surface area (Å²) in [4.78, 5) is 16.7. The van der Waals surface area contributed by atoms with Gasteiger partial charge in [0.1, 0.15) is 17.5 Å². The van der Waals surface area contributed by atoms with E-state index in [1.54, 1.807) is 4.90 Å². The van der Waals surface area contributed by atoms with Crippen molar-refractivity contribution in [3.05, 3.63) is 65.2 Å². The zero-order chi connectivity index (χ0) is 21.1.